The maximum absolute atomic E-state index is 6.12. The van der Waals surface area contributed by atoms with Crippen molar-refractivity contribution < 1.29 is 0 Å². The van der Waals surface area contributed by atoms with Crippen LogP contribution < -0.4 is 5.73 Å². The molecule has 0 aliphatic heterocycles. The van der Waals surface area contributed by atoms with E-state index in [0.29, 0.717) is 16.4 Å². The first kappa shape index (κ1) is 12.6. The van der Waals surface area contributed by atoms with Crippen molar-refractivity contribution in [2.45, 2.75) is 0 Å². The molecule has 0 unspecified atom stereocenters. The zero-order valence-electron chi connectivity index (χ0n) is 10.6. The molecular formula is C16H12ClN3. The molecule has 0 radical (unpaired) electrons. The van der Waals surface area contributed by atoms with Gasteiger partial charge in [0.25, 0.3) is 0 Å². The number of nitrogens with two attached hydrogens (primary N) is 1. The van der Waals surface area contributed by atoms with E-state index in [1.54, 1.807) is 12.3 Å². The van der Waals surface area contributed by atoms with Crippen molar-refractivity contribution >= 4 is 34.4 Å². The topological polar surface area (TPSA) is 51.8 Å². The van der Waals surface area contributed by atoms with Crippen molar-refractivity contribution in [1.29, 1.82) is 0 Å². The monoisotopic (exact) mass is 281 g/mol. The first-order chi connectivity index (χ1) is 9.74. The summed E-state index contributed by atoms with van der Waals surface area (Å²) in [4.78, 5) is 8.86. The Bertz CT molecular complexity index is 796. The zero-order chi connectivity index (χ0) is 13.9. The Morgan fingerprint density at radius 2 is 1.70 bits per heavy atom. The highest BCUT2D eigenvalue weighted by molar-refractivity contribution is 6.32. The average molecular weight is 282 g/mol. The SMILES string of the molecule is N/C(=C\c1cnc2ccccc2n1)c1ccccc1Cl. The number of aromatic nitrogens is 2. The lowest BCUT2D eigenvalue weighted by atomic mass is 10.1. The molecule has 1 heterocycles. The lowest BCUT2D eigenvalue weighted by molar-refractivity contribution is 1.26. The van der Waals surface area contributed by atoms with Crippen LogP contribution in [0.15, 0.2) is 54.7 Å². The Balaban J connectivity index is 2.03. The summed E-state index contributed by atoms with van der Waals surface area (Å²) in [5, 5.41) is 0.620. The van der Waals surface area contributed by atoms with Gasteiger partial charge in [-0.1, -0.05) is 41.9 Å². The van der Waals surface area contributed by atoms with Crippen molar-refractivity contribution in [2.24, 2.45) is 5.73 Å². The quantitative estimate of drug-likeness (QED) is 0.778. The van der Waals surface area contributed by atoms with Gasteiger partial charge in [0.15, 0.2) is 0 Å². The molecule has 0 aliphatic carbocycles. The fraction of sp³-hybridized carbons (Fsp3) is 0. The highest BCUT2D eigenvalue weighted by Crippen LogP contribution is 2.21. The van der Waals surface area contributed by atoms with E-state index in [1.807, 2.05) is 48.5 Å². The molecule has 0 atom stereocenters. The first-order valence-corrected chi connectivity index (χ1v) is 6.56. The smallest absolute Gasteiger partial charge is 0.0894 e. The molecule has 0 fully saturated rings. The van der Waals surface area contributed by atoms with Gasteiger partial charge in [-0.25, -0.2) is 4.98 Å². The van der Waals surface area contributed by atoms with Crippen molar-refractivity contribution in [3.8, 4) is 0 Å². The Labute approximate surface area is 121 Å². The molecule has 1 aromatic heterocycles. The van der Waals surface area contributed by atoms with Crippen LogP contribution in [0.5, 0.6) is 0 Å². The van der Waals surface area contributed by atoms with Gasteiger partial charge in [0.2, 0.25) is 0 Å². The summed E-state index contributed by atoms with van der Waals surface area (Å²) < 4.78 is 0. The van der Waals surface area contributed by atoms with Gasteiger partial charge in [0.1, 0.15) is 0 Å². The molecule has 3 rings (SSSR count). The number of para-hydroxylation sites is 2. The fourth-order valence-corrected chi connectivity index (χ4v) is 2.22. The molecule has 20 heavy (non-hydrogen) atoms. The van der Waals surface area contributed by atoms with Crippen molar-refractivity contribution in [3.05, 3.63) is 71.0 Å². The third-order valence-corrected chi connectivity index (χ3v) is 3.29. The van der Waals surface area contributed by atoms with Crippen LogP contribution in [0.25, 0.3) is 22.8 Å². The van der Waals surface area contributed by atoms with Crippen molar-refractivity contribution in [1.82, 2.24) is 9.97 Å². The van der Waals surface area contributed by atoms with E-state index >= 15 is 0 Å². The van der Waals surface area contributed by atoms with Crippen LogP contribution in [-0.2, 0) is 0 Å². The number of fused-ring (bicyclic) bond motifs is 1. The Kier molecular flexibility index (Phi) is 3.35. The van der Waals surface area contributed by atoms with E-state index in [0.717, 1.165) is 16.6 Å². The van der Waals surface area contributed by atoms with Gasteiger partial charge in [-0.3, -0.25) is 4.98 Å². The number of rotatable bonds is 2. The van der Waals surface area contributed by atoms with E-state index in [1.165, 1.54) is 0 Å². The summed E-state index contributed by atoms with van der Waals surface area (Å²) in [6, 6.07) is 15.2. The summed E-state index contributed by atoms with van der Waals surface area (Å²) in [7, 11) is 0. The molecule has 0 saturated heterocycles. The molecule has 98 valence electrons. The number of hydrogen-bond acceptors (Lipinski definition) is 3. The number of halogens is 1. The lowest BCUT2D eigenvalue weighted by Gasteiger charge is -2.04. The number of benzene rings is 2. The minimum atomic E-state index is 0.570. The van der Waals surface area contributed by atoms with Gasteiger partial charge in [0, 0.05) is 16.3 Å². The molecule has 0 bridgehead atoms. The third kappa shape index (κ3) is 2.49. The van der Waals surface area contributed by atoms with Crippen molar-refractivity contribution in [2.75, 3.05) is 0 Å². The molecule has 0 amide bonds. The van der Waals surface area contributed by atoms with Crippen LogP contribution in [0, 0.1) is 0 Å². The lowest BCUT2D eigenvalue weighted by Crippen LogP contribution is -1.98. The third-order valence-electron chi connectivity index (χ3n) is 2.96. The van der Waals surface area contributed by atoms with Crippen LogP contribution >= 0.6 is 11.6 Å². The van der Waals surface area contributed by atoms with Gasteiger partial charge >= 0.3 is 0 Å². The van der Waals surface area contributed by atoms with E-state index in [2.05, 4.69) is 9.97 Å². The maximum atomic E-state index is 6.12. The standard InChI is InChI=1S/C16H12ClN3/c17-13-6-2-1-5-12(13)14(18)9-11-10-19-15-7-3-4-8-16(15)20-11/h1-10H,18H2/b14-9-. The minimum Gasteiger partial charge on any atom is -0.398 e. The normalized spacial score (nSPS) is 11.8. The molecule has 0 spiro atoms. The van der Waals surface area contributed by atoms with Crippen LogP contribution in [0.3, 0.4) is 0 Å². The molecule has 0 aliphatic rings. The largest absolute Gasteiger partial charge is 0.398 e. The highest BCUT2D eigenvalue weighted by Gasteiger charge is 2.03. The summed E-state index contributed by atoms with van der Waals surface area (Å²) in [5.41, 5.74) is 9.86. The maximum Gasteiger partial charge on any atom is 0.0894 e. The van der Waals surface area contributed by atoms with E-state index in [4.69, 9.17) is 17.3 Å². The molecule has 3 aromatic rings. The molecular weight excluding hydrogens is 270 g/mol. The molecule has 3 nitrogen and oxygen atoms in total. The first-order valence-electron chi connectivity index (χ1n) is 6.18. The second kappa shape index (κ2) is 5.31. The number of hydrogen-bond donors (Lipinski definition) is 1. The van der Waals surface area contributed by atoms with Gasteiger partial charge in [-0.05, 0) is 24.3 Å². The minimum absolute atomic E-state index is 0.570. The summed E-state index contributed by atoms with van der Waals surface area (Å²) >= 11 is 6.12. The highest BCUT2D eigenvalue weighted by atomic mass is 35.5. The summed E-state index contributed by atoms with van der Waals surface area (Å²) in [5.74, 6) is 0. The van der Waals surface area contributed by atoms with Gasteiger partial charge in [-0.15, -0.1) is 0 Å². The van der Waals surface area contributed by atoms with Gasteiger partial charge < -0.3 is 5.73 Å². The average Bonchev–Trinajstić information content (AvgIpc) is 2.47. The second-order valence-corrected chi connectivity index (χ2v) is 4.77. The molecule has 0 saturated carbocycles. The van der Waals surface area contributed by atoms with Gasteiger partial charge in [0.05, 0.1) is 22.9 Å². The summed E-state index contributed by atoms with van der Waals surface area (Å²) in [6.45, 7) is 0. The molecule has 2 aromatic carbocycles. The summed E-state index contributed by atoms with van der Waals surface area (Å²) in [6.07, 6.45) is 3.48. The predicted octanol–water partition coefficient (Wildman–Crippen LogP) is 3.74. The van der Waals surface area contributed by atoms with E-state index in [-0.39, 0.29) is 0 Å². The van der Waals surface area contributed by atoms with Crippen LogP contribution in [0.2, 0.25) is 5.02 Å². The predicted molar refractivity (Wildman–Crippen MR) is 83.0 cm³/mol. The molecule has 4 heteroatoms. The van der Waals surface area contributed by atoms with E-state index in [9.17, 15) is 0 Å². The zero-order valence-corrected chi connectivity index (χ0v) is 11.4. The van der Waals surface area contributed by atoms with Gasteiger partial charge in [-0.2, -0.15) is 0 Å². The number of nitrogens with zero attached hydrogens (tertiary/aromatic N) is 2. The molecule has 2 N–H and O–H groups in total. The Hall–Kier alpha value is -2.39. The van der Waals surface area contributed by atoms with Crippen LogP contribution in [0.1, 0.15) is 11.3 Å². The van der Waals surface area contributed by atoms with Crippen molar-refractivity contribution in [3.63, 3.8) is 0 Å². The fourth-order valence-electron chi connectivity index (χ4n) is 1.97. The Morgan fingerprint density at radius 3 is 2.50 bits per heavy atom. The second-order valence-electron chi connectivity index (χ2n) is 4.36. The Morgan fingerprint density at radius 1 is 1.00 bits per heavy atom. The van der Waals surface area contributed by atoms with E-state index < -0.39 is 0 Å². The van der Waals surface area contributed by atoms with Crippen LogP contribution in [-0.4, -0.2) is 9.97 Å². The van der Waals surface area contributed by atoms with Crippen LogP contribution in [0.4, 0.5) is 0 Å².